The van der Waals surface area contributed by atoms with Crippen LogP contribution in [-0.2, 0) is 0 Å². The average molecular weight is 288 g/mol. The van der Waals surface area contributed by atoms with Gasteiger partial charge in [0.1, 0.15) is 4.64 Å². The van der Waals surface area contributed by atoms with Gasteiger partial charge in [0.15, 0.2) is 5.84 Å². The van der Waals surface area contributed by atoms with E-state index in [0.717, 1.165) is 17.1 Å². The van der Waals surface area contributed by atoms with E-state index >= 15 is 0 Å². The van der Waals surface area contributed by atoms with E-state index in [1.807, 2.05) is 24.0 Å². The molecule has 0 fully saturated rings. The predicted octanol–water partition coefficient (Wildman–Crippen LogP) is 1.77. The molecule has 1 aromatic heterocycles. The van der Waals surface area contributed by atoms with Crippen molar-refractivity contribution in [1.29, 1.82) is 0 Å². The highest BCUT2D eigenvalue weighted by atomic mass is 32.1. The lowest BCUT2D eigenvalue weighted by molar-refractivity contribution is 0.349. The zero-order valence-corrected chi connectivity index (χ0v) is 12.4. The summed E-state index contributed by atoms with van der Waals surface area (Å²) in [6, 6.07) is 6.17. The fraction of sp³-hybridized carbons (Fsp3) is 0.231. The summed E-state index contributed by atoms with van der Waals surface area (Å²) in [5.41, 5.74) is 9.96. The van der Waals surface area contributed by atoms with Crippen LogP contribution in [-0.4, -0.2) is 27.7 Å². The van der Waals surface area contributed by atoms with Gasteiger partial charge in [0, 0.05) is 13.2 Å². The first kappa shape index (κ1) is 12.9. The molecule has 1 aromatic carbocycles. The molecule has 0 bridgehead atoms. The second-order valence-electron chi connectivity index (χ2n) is 4.76. The van der Waals surface area contributed by atoms with Crippen molar-refractivity contribution in [3.8, 4) is 5.69 Å². The Morgan fingerprint density at radius 3 is 2.75 bits per heavy atom. The molecule has 20 heavy (non-hydrogen) atoms. The fourth-order valence-corrected chi connectivity index (χ4v) is 2.51. The third kappa shape index (κ3) is 1.91. The van der Waals surface area contributed by atoms with Crippen molar-refractivity contribution in [3.05, 3.63) is 45.7 Å². The number of amidine groups is 1. The minimum atomic E-state index is 0.704. The predicted molar refractivity (Wildman–Crippen MR) is 81.0 cm³/mol. The summed E-state index contributed by atoms with van der Waals surface area (Å²) >= 11 is 5.57. The molecule has 2 aromatic rings. The lowest BCUT2D eigenvalue weighted by Gasteiger charge is -2.11. The number of aromatic nitrogens is 2. The van der Waals surface area contributed by atoms with E-state index < -0.39 is 0 Å². The van der Waals surface area contributed by atoms with Crippen LogP contribution in [0.1, 0.15) is 16.7 Å². The van der Waals surface area contributed by atoms with Crippen LogP contribution in [0.3, 0.4) is 0 Å². The lowest BCUT2D eigenvalue weighted by Crippen LogP contribution is -2.37. The molecule has 3 N–H and O–H groups in total. The molecule has 1 aliphatic rings. The average Bonchev–Trinajstić information content (AvgIpc) is 2.99. The monoisotopic (exact) mass is 288 g/mol. The normalized spacial score (nSPS) is 14.3. The smallest absolute Gasteiger partial charge is 0.177 e. The molecule has 2 heterocycles. The topological polar surface area (TPSA) is 60.4 Å². The van der Waals surface area contributed by atoms with Gasteiger partial charge in [0.2, 0.25) is 0 Å². The van der Waals surface area contributed by atoms with Crippen molar-refractivity contribution < 1.29 is 0 Å². The number of rotatable bonds is 2. The Morgan fingerprint density at radius 2 is 2.05 bits per heavy atom. The maximum Gasteiger partial charge on any atom is 0.177 e. The maximum atomic E-state index is 5.57. The molecule has 0 saturated carbocycles. The molecule has 1 aliphatic heterocycles. The van der Waals surface area contributed by atoms with Gasteiger partial charge in [-0.25, -0.2) is 10.2 Å². The summed E-state index contributed by atoms with van der Waals surface area (Å²) in [4.78, 5) is 0. The van der Waals surface area contributed by atoms with E-state index in [-0.39, 0.29) is 0 Å². The highest BCUT2D eigenvalue weighted by Crippen LogP contribution is 2.19. The zero-order valence-electron chi connectivity index (χ0n) is 11.6. The van der Waals surface area contributed by atoms with Crippen LogP contribution in [0.2, 0.25) is 0 Å². The summed E-state index contributed by atoms with van der Waals surface area (Å²) < 4.78 is 2.61. The lowest BCUT2D eigenvalue weighted by atomic mass is 10.1. The second kappa shape index (κ2) is 4.77. The molecule has 0 atom stereocenters. The van der Waals surface area contributed by atoms with Gasteiger partial charge in [0.05, 0.1) is 11.3 Å². The molecule has 104 valence electrons. The Balaban J connectivity index is 2.12. The number of hydrogen-bond donors (Lipinski definition) is 3. The number of nitrogens with zero attached hydrogens (tertiary/aromatic N) is 3. The van der Waals surface area contributed by atoms with E-state index in [0.29, 0.717) is 4.64 Å². The minimum Gasteiger partial charge on any atom is -0.299 e. The molecule has 6 nitrogen and oxygen atoms in total. The Kier molecular flexibility index (Phi) is 3.07. The van der Waals surface area contributed by atoms with E-state index in [1.54, 1.807) is 5.01 Å². The van der Waals surface area contributed by atoms with Crippen molar-refractivity contribution in [2.75, 3.05) is 7.05 Å². The Bertz CT molecular complexity index is 742. The van der Waals surface area contributed by atoms with Crippen LogP contribution < -0.4 is 11.1 Å². The van der Waals surface area contributed by atoms with E-state index in [4.69, 9.17) is 12.2 Å². The molecule has 3 rings (SSSR count). The van der Waals surface area contributed by atoms with Crippen LogP contribution >= 0.6 is 12.2 Å². The van der Waals surface area contributed by atoms with E-state index in [2.05, 4.69) is 47.2 Å². The number of hydrazine groups is 2. The largest absolute Gasteiger partial charge is 0.299 e. The highest BCUT2D eigenvalue weighted by Gasteiger charge is 2.19. The van der Waals surface area contributed by atoms with E-state index in [1.165, 1.54) is 11.1 Å². The summed E-state index contributed by atoms with van der Waals surface area (Å²) in [7, 11) is 1.88. The zero-order chi connectivity index (χ0) is 14.3. The number of H-pyrrole nitrogens is 1. The van der Waals surface area contributed by atoms with Crippen LogP contribution in [0, 0.1) is 18.5 Å². The van der Waals surface area contributed by atoms with Crippen molar-refractivity contribution in [2.24, 2.45) is 5.10 Å². The fourth-order valence-electron chi connectivity index (χ4n) is 2.21. The molecule has 0 radical (unpaired) electrons. The first-order valence-electron chi connectivity index (χ1n) is 6.29. The van der Waals surface area contributed by atoms with Crippen LogP contribution in [0.5, 0.6) is 0 Å². The summed E-state index contributed by atoms with van der Waals surface area (Å²) in [5.74, 6) is 0.760. The van der Waals surface area contributed by atoms with Crippen LogP contribution in [0.15, 0.2) is 29.5 Å². The molecule has 0 amide bonds. The molecular formula is C13H16N6S. The Hall–Kier alpha value is -2.12. The van der Waals surface area contributed by atoms with Crippen molar-refractivity contribution in [2.45, 2.75) is 13.8 Å². The number of hydrazone groups is 1. The maximum absolute atomic E-state index is 5.57. The summed E-state index contributed by atoms with van der Waals surface area (Å²) in [5, 5.41) is 9.17. The summed E-state index contributed by atoms with van der Waals surface area (Å²) in [6.45, 7) is 4.18. The number of hydrogen-bond acceptors (Lipinski definition) is 5. The number of aryl methyl sites for hydroxylation is 1. The Labute approximate surface area is 122 Å². The molecule has 0 saturated heterocycles. The van der Waals surface area contributed by atoms with Crippen molar-refractivity contribution >= 4 is 18.1 Å². The van der Waals surface area contributed by atoms with E-state index in [9.17, 15) is 0 Å². The van der Waals surface area contributed by atoms with Crippen LogP contribution in [0.4, 0.5) is 0 Å². The highest BCUT2D eigenvalue weighted by molar-refractivity contribution is 7.71. The number of nitrogens with one attached hydrogen (secondary N) is 3. The molecule has 0 aliphatic carbocycles. The second-order valence-corrected chi connectivity index (χ2v) is 5.15. The SMILES string of the molecule is Cc1cccc(-n2[nH]cc(C3=NNNN3C)c2=S)c1C. The van der Waals surface area contributed by atoms with Gasteiger partial charge < -0.3 is 0 Å². The minimum absolute atomic E-state index is 0.704. The van der Waals surface area contributed by atoms with Gasteiger partial charge >= 0.3 is 0 Å². The third-order valence-electron chi connectivity index (χ3n) is 3.53. The third-order valence-corrected chi connectivity index (χ3v) is 3.93. The van der Waals surface area contributed by atoms with Crippen LogP contribution in [0.25, 0.3) is 5.69 Å². The van der Waals surface area contributed by atoms with Gasteiger partial charge in [-0.2, -0.15) is 0 Å². The van der Waals surface area contributed by atoms with Gasteiger partial charge in [-0.15, -0.1) is 10.6 Å². The molecule has 7 heteroatoms. The number of benzene rings is 1. The van der Waals surface area contributed by atoms with Crippen molar-refractivity contribution in [3.63, 3.8) is 0 Å². The Morgan fingerprint density at radius 1 is 1.25 bits per heavy atom. The van der Waals surface area contributed by atoms with Crippen molar-refractivity contribution in [1.82, 2.24) is 25.9 Å². The van der Waals surface area contributed by atoms with Gasteiger partial charge in [0.25, 0.3) is 0 Å². The van der Waals surface area contributed by atoms with Gasteiger partial charge in [-0.3, -0.25) is 10.1 Å². The molecule has 0 spiro atoms. The van der Waals surface area contributed by atoms with Gasteiger partial charge in [-0.1, -0.05) is 24.4 Å². The first-order valence-corrected chi connectivity index (χ1v) is 6.70. The van der Waals surface area contributed by atoms with Gasteiger partial charge in [-0.05, 0) is 31.0 Å². The standard InChI is InChI=1S/C13H16N6S/c1-8-5-4-6-11(9(8)2)19-13(20)10(7-14-19)12-15-16-17-18(12)3/h4-7,14,16-17H,1-3H3. The summed E-state index contributed by atoms with van der Waals surface area (Å²) in [6.07, 6.45) is 1.87. The molecule has 0 unspecified atom stereocenters. The first-order chi connectivity index (χ1) is 9.59. The quantitative estimate of drug-likeness (QED) is 0.737. The molecular weight excluding hydrogens is 272 g/mol. The number of aromatic amines is 1.